The molecule has 2 N–H and O–H groups in total. The zero-order valence-electron chi connectivity index (χ0n) is 9.13. The average molecular weight is 280 g/mol. The van der Waals surface area contributed by atoms with E-state index in [0.29, 0.717) is 0 Å². The van der Waals surface area contributed by atoms with Gasteiger partial charge in [-0.1, -0.05) is 28.1 Å². The minimum absolute atomic E-state index is 0.823. The van der Waals surface area contributed by atoms with Gasteiger partial charge in [0.05, 0.1) is 6.20 Å². The van der Waals surface area contributed by atoms with Crippen LogP contribution in [-0.4, -0.2) is 17.0 Å². The summed E-state index contributed by atoms with van der Waals surface area (Å²) in [6.07, 6.45) is 3.87. The van der Waals surface area contributed by atoms with Gasteiger partial charge in [0.25, 0.3) is 0 Å². The summed E-state index contributed by atoms with van der Waals surface area (Å²) in [5, 5.41) is 2.98. The predicted octanol–water partition coefficient (Wildman–Crippen LogP) is 3.00. The monoisotopic (exact) mass is 279 g/mol. The number of H-pyrrole nitrogens is 1. The van der Waals surface area contributed by atoms with E-state index in [-0.39, 0.29) is 0 Å². The van der Waals surface area contributed by atoms with Crippen LogP contribution >= 0.6 is 15.9 Å². The van der Waals surface area contributed by atoms with Gasteiger partial charge in [-0.05, 0) is 30.5 Å². The van der Waals surface area contributed by atoms with E-state index in [0.717, 1.165) is 29.0 Å². The van der Waals surface area contributed by atoms with E-state index in [1.165, 1.54) is 5.56 Å². The van der Waals surface area contributed by atoms with Gasteiger partial charge in [0.15, 0.2) is 5.95 Å². The van der Waals surface area contributed by atoms with Crippen molar-refractivity contribution >= 4 is 21.9 Å². The second-order valence-corrected chi connectivity index (χ2v) is 4.55. The third-order valence-electron chi connectivity index (χ3n) is 2.44. The Morgan fingerprint density at radius 3 is 2.94 bits per heavy atom. The van der Waals surface area contributed by atoms with E-state index in [9.17, 15) is 0 Å². The summed E-state index contributed by atoms with van der Waals surface area (Å²) < 4.78 is 1.13. The molecule has 1 heterocycles. The Balaban J connectivity index is 1.96. The van der Waals surface area contributed by atoms with Gasteiger partial charge in [0.1, 0.15) is 0 Å². The molecule has 0 aliphatic carbocycles. The molecule has 4 heteroatoms. The lowest BCUT2D eigenvalue weighted by Crippen LogP contribution is -1.93. The first-order valence-electron chi connectivity index (χ1n) is 5.24. The Hall–Kier alpha value is -1.29. The van der Waals surface area contributed by atoms with Crippen LogP contribution in [0.4, 0.5) is 5.95 Å². The molecule has 84 valence electrons. The fourth-order valence-corrected chi connectivity index (χ4v) is 2.03. The lowest BCUT2D eigenvalue weighted by atomic mass is 10.1. The standard InChI is InChI=1S/C12H14BrN3/c1-14-12-15-8-11(16-12)6-5-9-3-2-4-10(13)7-9/h2-4,7-8H,5-6H2,1H3,(H2,14,15,16). The predicted molar refractivity (Wildman–Crippen MR) is 69.7 cm³/mol. The Morgan fingerprint density at radius 1 is 1.38 bits per heavy atom. The highest BCUT2D eigenvalue weighted by molar-refractivity contribution is 9.10. The molecular weight excluding hydrogens is 266 g/mol. The zero-order chi connectivity index (χ0) is 11.4. The Bertz CT molecular complexity index is 465. The van der Waals surface area contributed by atoms with Crippen LogP contribution in [0.1, 0.15) is 11.3 Å². The highest BCUT2D eigenvalue weighted by Crippen LogP contribution is 2.13. The SMILES string of the molecule is CNc1ncc(CCc2cccc(Br)c2)[nH]1. The summed E-state index contributed by atoms with van der Waals surface area (Å²) in [6, 6.07) is 8.39. The van der Waals surface area contributed by atoms with Crippen molar-refractivity contribution < 1.29 is 0 Å². The maximum absolute atomic E-state index is 4.19. The number of nitrogens with one attached hydrogen (secondary N) is 2. The highest BCUT2D eigenvalue weighted by Gasteiger charge is 2.00. The number of imidazole rings is 1. The smallest absolute Gasteiger partial charge is 0.200 e. The molecule has 0 aliphatic heterocycles. The lowest BCUT2D eigenvalue weighted by Gasteiger charge is -2.00. The van der Waals surface area contributed by atoms with Crippen LogP contribution in [0.2, 0.25) is 0 Å². The van der Waals surface area contributed by atoms with E-state index < -0.39 is 0 Å². The molecule has 1 aromatic carbocycles. The minimum Gasteiger partial charge on any atom is -0.359 e. The van der Waals surface area contributed by atoms with Gasteiger partial charge < -0.3 is 10.3 Å². The van der Waals surface area contributed by atoms with Gasteiger partial charge in [0.2, 0.25) is 0 Å². The van der Waals surface area contributed by atoms with Crippen molar-refractivity contribution in [1.29, 1.82) is 0 Å². The molecule has 16 heavy (non-hydrogen) atoms. The van der Waals surface area contributed by atoms with Crippen LogP contribution < -0.4 is 5.32 Å². The summed E-state index contributed by atoms with van der Waals surface area (Å²) in [5.74, 6) is 0.823. The Morgan fingerprint density at radius 2 is 2.25 bits per heavy atom. The van der Waals surface area contributed by atoms with E-state index in [4.69, 9.17) is 0 Å². The second kappa shape index (κ2) is 5.16. The molecule has 0 bridgehead atoms. The largest absolute Gasteiger partial charge is 0.359 e. The van der Waals surface area contributed by atoms with Gasteiger partial charge >= 0.3 is 0 Å². The summed E-state index contributed by atoms with van der Waals surface area (Å²) in [4.78, 5) is 7.40. The van der Waals surface area contributed by atoms with Gasteiger partial charge in [-0.2, -0.15) is 0 Å². The Labute approximate surface area is 103 Å². The topological polar surface area (TPSA) is 40.7 Å². The molecule has 0 aliphatic rings. The molecule has 0 radical (unpaired) electrons. The first-order chi connectivity index (χ1) is 7.78. The van der Waals surface area contributed by atoms with E-state index in [2.05, 4.69) is 49.4 Å². The van der Waals surface area contributed by atoms with E-state index >= 15 is 0 Å². The zero-order valence-corrected chi connectivity index (χ0v) is 10.7. The summed E-state index contributed by atoms with van der Waals surface area (Å²) >= 11 is 3.47. The van der Waals surface area contributed by atoms with Crippen LogP contribution in [-0.2, 0) is 12.8 Å². The van der Waals surface area contributed by atoms with Crippen molar-refractivity contribution in [3.63, 3.8) is 0 Å². The van der Waals surface area contributed by atoms with Crippen molar-refractivity contribution in [3.05, 3.63) is 46.2 Å². The number of nitrogens with zero attached hydrogens (tertiary/aromatic N) is 1. The van der Waals surface area contributed by atoms with Gasteiger partial charge in [-0.15, -0.1) is 0 Å². The first-order valence-corrected chi connectivity index (χ1v) is 6.03. The number of aryl methyl sites for hydroxylation is 2. The fourth-order valence-electron chi connectivity index (χ4n) is 1.58. The highest BCUT2D eigenvalue weighted by atomic mass is 79.9. The maximum atomic E-state index is 4.19. The molecule has 0 amide bonds. The van der Waals surface area contributed by atoms with Gasteiger partial charge in [-0.3, -0.25) is 0 Å². The van der Waals surface area contributed by atoms with E-state index in [1.807, 2.05) is 19.3 Å². The van der Waals surface area contributed by atoms with Crippen molar-refractivity contribution in [2.45, 2.75) is 12.8 Å². The van der Waals surface area contributed by atoms with Crippen LogP contribution in [0.25, 0.3) is 0 Å². The first kappa shape index (κ1) is 11.2. The van der Waals surface area contributed by atoms with Crippen LogP contribution in [0.15, 0.2) is 34.9 Å². The number of anilines is 1. The number of aromatic nitrogens is 2. The van der Waals surface area contributed by atoms with Crippen molar-refractivity contribution in [1.82, 2.24) is 9.97 Å². The summed E-state index contributed by atoms with van der Waals surface area (Å²) in [6.45, 7) is 0. The molecule has 0 atom stereocenters. The van der Waals surface area contributed by atoms with Crippen LogP contribution in [0, 0.1) is 0 Å². The molecule has 2 rings (SSSR count). The number of benzene rings is 1. The van der Waals surface area contributed by atoms with Gasteiger partial charge in [-0.25, -0.2) is 4.98 Å². The number of hydrogen-bond donors (Lipinski definition) is 2. The number of hydrogen-bond acceptors (Lipinski definition) is 2. The fraction of sp³-hybridized carbons (Fsp3) is 0.250. The molecule has 2 aromatic rings. The quantitative estimate of drug-likeness (QED) is 0.903. The Kier molecular flexibility index (Phi) is 3.62. The molecular formula is C12H14BrN3. The molecule has 0 unspecified atom stereocenters. The third-order valence-corrected chi connectivity index (χ3v) is 2.93. The summed E-state index contributed by atoms with van der Waals surface area (Å²) in [7, 11) is 1.86. The molecule has 0 saturated heterocycles. The van der Waals surface area contributed by atoms with Crippen LogP contribution in [0.5, 0.6) is 0 Å². The molecule has 0 fully saturated rings. The molecule has 3 nitrogen and oxygen atoms in total. The van der Waals surface area contributed by atoms with Gasteiger partial charge in [0, 0.05) is 17.2 Å². The maximum Gasteiger partial charge on any atom is 0.200 e. The van der Waals surface area contributed by atoms with Crippen molar-refractivity contribution in [2.24, 2.45) is 0 Å². The van der Waals surface area contributed by atoms with Crippen molar-refractivity contribution in [3.8, 4) is 0 Å². The third kappa shape index (κ3) is 2.85. The molecule has 1 aromatic heterocycles. The lowest BCUT2D eigenvalue weighted by molar-refractivity contribution is 0.925. The number of aromatic amines is 1. The van der Waals surface area contributed by atoms with Crippen LogP contribution in [0.3, 0.4) is 0 Å². The molecule has 0 spiro atoms. The molecule has 0 saturated carbocycles. The number of halogens is 1. The summed E-state index contributed by atoms with van der Waals surface area (Å²) in [5.41, 5.74) is 2.49. The number of rotatable bonds is 4. The van der Waals surface area contributed by atoms with E-state index in [1.54, 1.807) is 0 Å². The van der Waals surface area contributed by atoms with Crippen molar-refractivity contribution in [2.75, 3.05) is 12.4 Å². The average Bonchev–Trinajstić information content (AvgIpc) is 2.74. The second-order valence-electron chi connectivity index (χ2n) is 3.64. The minimum atomic E-state index is 0.823. The normalized spacial score (nSPS) is 10.4.